The molecule has 0 bridgehead atoms. The fourth-order valence-corrected chi connectivity index (χ4v) is 5.11. The molecule has 0 amide bonds. The summed E-state index contributed by atoms with van der Waals surface area (Å²) in [6.07, 6.45) is 11.4. The molecule has 0 spiro atoms. The molecule has 3 aliphatic rings. The van der Waals surface area contributed by atoms with Gasteiger partial charge in [0, 0.05) is 43.3 Å². The third-order valence-corrected chi connectivity index (χ3v) is 6.87. The van der Waals surface area contributed by atoms with Gasteiger partial charge >= 0.3 is 0 Å². The lowest BCUT2D eigenvalue weighted by atomic mass is 9.89. The van der Waals surface area contributed by atoms with Gasteiger partial charge in [-0.05, 0) is 47.2 Å². The van der Waals surface area contributed by atoms with Crippen LogP contribution in [0, 0.1) is 5.82 Å². The number of benzene rings is 2. The third-order valence-electron chi connectivity index (χ3n) is 6.51. The van der Waals surface area contributed by atoms with Gasteiger partial charge in [-0.25, -0.2) is 4.39 Å². The Labute approximate surface area is 182 Å². The van der Waals surface area contributed by atoms with Crippen molar-refractivity contribution in [1.29, 1.82) is 0 Å². The number of hydrogen-bond acceptors (Lipinski definition) is 2. The number of allylic oxidation sites excluding steroid dienone is 5. The van der Waals surface area contributed by atoms with Crippen LogP contribution in [0.4, 0.5) is 4.39 Å². The molecule has 2 aromatic carbocycles. The SMILES string of the molecule is Fc1cccc(Cl)c1CN1CCN(C2C=CC3=C(CCC=C3)c3ccccc32)CC1. The Morgan fingerprint density at radius 1 is 0.967 bits per heavy atom. The molecule has 2 aromatic rings. The number of fused-ring (bicyclic) bond motifs is 2. The second-order valence-electron chi connectivity index (χ2n) is 8.28. The van der Waals surface area contributed by atoms with E-state index in [0.29, 0.717) is 17.1 Å². The minimum atomic E-state index is -0.213. The molecular formula is C26H26ClFN2. The Morgan fingerprint density at radius 3 is 2.63 bits per heavy atom. The number of halogens is 2. The molecule has 1 aliphatic heterocycles. The van der Waals surface area contributed by atoms with E-state index < -0.39 is 0 Å². The zero-order valence-electron chi connectivity index (χ0n) is 17.0. The molecule has 4 heteroatoms. The van der Waals surface area contributed by atoms with Crippen LogP contribution in [0.1, 0.15) is 35.6 Å². The van der Waals surface area contributed by atoms with Crippen molar-refractivity contribution in [3.05, 3.63) is 99.9 Å². The first kappa shape index (κ1) is 19.7. The van der Waals surface area contributed by atoms with Crippen LogP contribution in [0.2, 0.25) is 5.02 Å². The quantitative estimate of drug-likeness (QED) is 0.599. The number of piperazine rings is 1. The van der Waals surface area contributed by atoms with Crippen LogP contribution in [0.15, 0.2) is 72.3 Å². The molecule has 5 rings (SSSR count). The first-order valence-electron chi connectivity index (χ1n) is 10.8. The zero-order valence-corrected chi connectivity index (χ0v) is 17.8. The highest BCUT2D eigenvalue weighted by Gasteiger charge is 2.28. The normalized spacial score (nSPS) is 22.0. The Morgan fingerprint density at radius 2 is 1.80 bits per heavy atom. The van der Waals surface area contributed by atoms with E-state index >= 15 is 0 Å². The van der Waals surface area contributed by atoms with Crippen LogP contribution < -0.4 is 0 Å². The summed E-state index contributed by atoms with van der Waals surface area (Å²) in [5, 5.41) is 0.516. The summed E-state index contributed by atoms with van der Waals surface area (Å²) in [5.41, 5.74) is 6.23. The van der Waals surface area contributed by atoms with E-state index in [4.69, 9.17) is 11.6 Å². The zero-order chi connectivity index (χ0) is 20.5. The maximum absolute atomic E-state index is 14.2. The van der Waals surface area contributed by atoms with Crippen LogP contribution >= 0.6 is 11.6 Å². The Bertz CT molecular complexity index is 1010. The van der Waals surface area contributed by atoms with Crippen LogP contribution in [0.3, 0.4) is 0 Å². The van der Waals surface area contributed by atoms with Gasteiger partial charge in [-0.1, -0.05) is 66.2 Å². The van der Waals surface area contributed by atoms with Crippen LogP contribution in [0.25, 0.3) is 5.57 Å². The molecule has 154 valence electrons. The molecule has 0 N–H and O–H groups in total. The first-order chi connectivity index (χ1) is 14.7. The van der Waals surface area contributed by atoms with Gasteiger partial charge in [0.1, 0.15) is 5.82 Å². The second kappa shape index (κ2) is 8.50. The van der Waals surface area contributed by atoms with Crippen molar-refractivity contribution in [2.45, 2.75) is 25.4 Å². The van der Waals surface area contributed by atoms with Gasteiger partial charge in [-0.3, -0.25) is 9.80 Å². The maximum Gasteiger partial charge on any atom is 0.129 e. The maximum atomic E-state index is 14.2. The van der Waals surface area contributed by atoms with E-state index in [1.54, 1.807) is 12.1 Å². The van der Waals surface area contributed by atoms with Crippen LogP contribution in [-0.2, 0) is 6.54 Å². The minimum Gasteiger partial charge on any atom is -0.296 e. The number of rotatable bonds is 3. The molecule has 0 radical (unpaired) electrons. The van der Waals surface area contributed by atoms with E-state index in [1.807, 2.05) is 0 Å². The van der Waals surface area contributed by atoms with Crippen molar-refractivity contribution >= 4 is 17.2 Å². The molecule has 2 nitrogen and oxygen atoms in total. The van der Waals surface area contributed by atoms with Gasteiger partial charge in [-0.15, -0.1) is 0 Å². The van der Waals surface area contributed by atoms with Crippen molar-refractivity contribution in [1.82, 2.24) is 9.80 Å². The molecule has 2 aliphatic carbocycles. The summed E-state index contributed by atoms with van der Waals surface area (Å²) in [5.74, 6) is -0.213. The molecule has 0 aromatic heterocycles. The first-order valence-corrected chi connectivity index (χ1v) is 11.1. The molecule has 0 saturated carbocycles. The summed E-state index contributed by atoms with van der Waals surface area (Å²) in [6.45, 7) is 4.29. The van der Waals surface area contributed by atoms with Crippen molar-refractivity contribution in [2.24, 2.45) is 0 Å². The van der Waals surface area contributed by atoms with Crippen LogP contribution in [-0.4, -0.2) is 36.0 Å². The minimum absolute atomic E-state index is 0.213. The van der Waals surface area contributed by atoms with Gasteiger partial charge in [-0.2, -0.15) is 0 Å². The van der Waals surface area contributed by atoms with Gasteiger partial charge in [0.05, 0.1) is 6.04 Å². The monoisotopic (exact) mass is 420 g/mol. The third kappa shape index (κ3) is 3.78. The Balaban J connectivity index is 1.34. The summed E-state index contributed by atoms with van der Waals surface area (Å²) in [7, 11) is 0. The predicted molar refractivity (Wildman–Crippen MR) is 122 cm³/mol. The fraction of sp³-hybridized carbons (Fsp3) is 0.308. The summed E-state index contributed by atoms with van der Waals surface area (Å²) < 4.78 is 14.2. The van der Waals surface area contributed by atoms with Gasteiger partial charge in [0.2, 0.25) is 0 Å². The van der Waals surface area contributed by atoms with E-state index in [2.05, 4.69) is 58.4 Å². The second-order valence-corrected chi connectivity index (χ2v) is 8.69. The molecule has 1 atom stereocenters. The summed E-state index contributed by atoms with van der Waals surface area (Å²) in [6, 6.07) is 14.1. The van der Waals surface area contributed by atoms with E-state index in [-0.39, 0.29) is 11.9 Å². The summed E-state index contributed by atoms with van der Waals surface area (Å²) in [4.78, 5) is 4.86. The van der Waals surface area contributed by atoms with Crippen molar-refractivity contribution in [3.63, 3.8) is 0 Å². The van der Waals surface area contributed by atoms with E-state index in [1.165, 1.54) is 28.3 Å². The molecule has 30 heavy (non-hydrogen) atoms. The molecule has 1 heterocycles. The van der Waals surface area contributed by atoms with E-state index in [0.717, 1.165) is 39.0 Å². The lowest BCUT2D eigenvalue weighted by Crippen LogP contribution is -2.47. The van der Waals surface area contributed by atoms with Gasteiger partial charge in [0.15, 0.2) is 0 Å². The highest BCUT2D eigenvalue weighted by atomic mass is 35.5. The average Bonchev–Trinajstić information content (AvgIpc) is 2.94. The van der Waals surface area contributed by atoms with Crippen molar-refractivity contribution in [2.75, 3.05) is 26.2 Å². The Kier molecular flexibility index (Phi) is 5.60. The lowest BCUT2D eigenvalue weighted by Gasteiger charge is -2.39. The van der Waals surface area contributed by atoms with Gasteiger partial charge < -0.3 is 0 Å². The predicted octanol–water partition coefficient (Wildman–Crippen LogP) is 6.01. The fourth-order valence-electron chi connectivity index (χ4n) is 4.88. The topological polar surface area (TPSA) is 6.48 Å². The van der Waals surface area contributed by atoms with Gasteiger partial charge in [0.25, 0.3) is 0 Å². The molecule has 1 saturated heterocycles. The largest absolute Gasteiger partial charge is 0.296 e. The number of hydrogen-bond donors (Lipinski definition) is 0. The standard InChI is InChI=1S/C26H26ClFN2/c27-24-10-5-11-25(28)23(24)18-29-14-16-30(17-15-29)26-13-12-19-6-1-2-7-20(19)21-8-3-4-9-22(21)26/h1,3-6,8-13,26H,2,7,14-18H2. The molecular weight excluding hydrogens is 395 g/mol. The number of nitrogens with zero attached hydrogens (tertiary/aromatic N) is 2. The smallest absolute Gasteiger partial charge is 0.129 e. The highest BCUT2D eigenvalue weighted by molar-refractivity contribution is 6.31. The van der Waals surface area contributed by atoms with E-state index in [9.17, 15) is 4.39 Å². The molecule has 1 fully saturated rings. The van der Waals surface area contributed by atoms with Crippen molar-refractivity contribution in [3.8, 4) is 0 Å². The molecule has 1 unspecified atom stereocenters. The van der Waals surface area contributed by atoms with Crippen LogP contribution in [0.5, 0.6) is 0 Å². The average molecular weight is 421 g/mol. The summed E-state index contributed by atoms with van der Waals surface area (Å²) >= 11 is 6.24. The Hall–Kier alpha value is -2.20. The lowest BCUT2D eigenvalue weighted by molar-refractivity contribution is 0.106. The van der Waals surface area contributed by atoms with Crippen molar-refractivity contribution < 1.29 is 4.39 Å². The highest BCUT2D eigenvalue weighted by Crippen LogP contribution is 2.39.